The second-order valence-corrected chi connectivity index (χ2v) is 4.59. The van der Waals surface area contributed by atoms with Gasteiger partial charge in [-0.1, -0.05) is 0 Å². The highest BCUT2D eigenvalue weighted by Gasteiger charge is 2.26. The van der Waals surface area contributed by atoms with Crippen molar-refractivity contribution >= 4 is 11.9 Å². The molecule has 0 bridgehead atoms. The van der Waals surface area contributed by atoms with E-state index in [-0.39, 0.29) is 11.8 Å². The van der Waals surface area contributed by atoms with Gasteiger partial charge in [0.05, 0.1) is 12.0 Å². The molecule has 1 amide bonds. The van der Waals surface area contributed by atoms with Gasteiger partial charge in [-0.05, 0) is 38.5 Å². The Bertz CT molecular complexity index is 258. The number of rotatable bonds is 4. The maximum Gasteiger partial charge on any atom is 0.306 e. The summed E-state index contributed by atoms with van der Waals surface area (Å²) in [7, 11) is 0. The van der Waals surface area contributed by atoms with Crippen LogP contribution in [-0.2, 0) is 9.59 Å². The summed E-state index contributed by atoms with van der Waals surface area (Å²) in [5, 5.41) is 11.6. The fourth-order valence-electron chi connectivity index (χ4n) is 2.02. The van der Waals surface area contributed by atoms with Crippen molar-refractivity contribution in [2.24, 2.45) is 17.6 Å². The Morgan fingerprint density at radius 3 is 2.38 bits per heavy atom. The molecule has 92 valence electrons. The van der Waals surface area contributed by atoms with Crippen LogP contribution in [0, 0.1) is 11.8 Å². The monoisotopic (exact) mass is 228 g/mol. The number of amides is 1. The largest absolute Gasteiger partial charge is 0.481 e. The van der Waals surface area contributed by atoms with Crippen molar-refractivity contribution < 1.29 is 14.7 Å². The van der Waals surface area contributed by atoms with E-state index in [2.05, 4.69) is 5.32 Å². The van der Waals surface area contributed by atoms with Crippen LogP contribution in [0.4, 0.5) is 0 Å². The van der Waals surface area contributed by atoms with Crippen LogP contribution < -0.4 is 11.1 Å². The van der Waals surface area contributed by atoms with Gasteiger partial charge in [0.25, 0.3) is 0 Å². The van der Waals surface area contributed by atoms with E-state index in [0.717, 1.165) is 12.8 Å². The topological polar surface area (TPSA) is 92.4 Å². The van der Waals surface area contributed by atoms with Crippen molar-refractivity contribution in [3.05, 3.63) is 0 Å². The van der Waals surface area contributed by atoms with Gasteiger partial charge in [-0.25, -0.2) is 0 Å². The number of nitrogens with one attached hydrogen (secondary N) is 1. The minimum atomic E-state index is -0.696. The van der Waals surface area contributed by atoms with Gasteiger partial charge in [0, 0.05) is 6.54 Å². The average Bonchev–Trinajstić information content (AvgIpc) is 2.26. The number of carbonyl (C=O) groups is 2. The maximum atomic E-state index is 11.2. The van der Waals surface area contributed by atoms with Gasteiger partial charge in [0.1, 0.15) is 0 Å². The molecule has 1 atom stereocenters. The van der Waals surface area contributed by atoms with Crippen LogP contribution in [0.15, 0.2) is 0 Å². The molecular formula is C11H20N2O3. The van der Waals surface area contributed by atoms with E-state index >= 15 is 0 Å². The van der Waals surface area contributed by atoms with Gasteiger partial charge < -0.3 is 16.2 Å². The summed E-state index contributed by atoms with van der Waals surface area (Å²) >= 11 is 0. The van der Waals surface area contributed by atoms with Gasteiger partial charge in [-0.3, -0.25) is 9.59 Å². The fraction of sp³-hybridized carbons (Fsp3) is 0.818. The van der Waals surface area contributed by atoms with E-state index in [9.17, 15) is 9.59 Å². The van der Waals surface area contributed by atoms with E-state index in [0.29, 0.717) is 25.3 Å². The zero-order valence-electron chi connectivity index (χ0n) is 9.61. The molecule has 4 N–H and O–H groups in total. The number of carbonyl (C=O) groups excluding carboxylic acids is 1. The van der Waals surface area contributed by atoms with E-state index in [1.807, 2.05) is 0 Å². The predicted molar refractivity (Wildman–Crippen MR) is 59.7 cm³/mol. The molecule has 1 aliphatic carbocycles. The Morgan fingerprint density at radius 1 is 1.38 bits per heavy atom. The molecule has 5 heteroatoms. The first-order valence-corrected chi connectivity index (χ1v) is 5.76. The SMILES string of the molecule is C[C@@H](N)C(=O)NCC1CCC(C(=O)O)CC1. The molecule has 1 saturated carbocycles. The lowest BCUT2D eigenvalue weighted by molar-refractivity contribution is -0.143. The number of hydrogen-bond acceptors (Lipinski definition) is 3. The van der Waals surface area contributed by atoms with Crippen LogP contribution >= 0.6 is 0 Å². The lowest BCUT2D eigenvalue weighted by Crippen LogP contribution is -2.41. The van der Waals surface area contributed by atoms with Gasteiger partial charge >= 0.3 is 5.97 Å². The Kier molecular flexibility index (Phi) is 4.73. The first-order valence-electron chi connectivity index (χ1n) is 5.76. The van der Waals surface area contributed by atoms with Crippen molar-refractivity contribution in [2.45, 2.75) is 38.6 Å². The quantitative estimate of drug-likeness (QED) is 0.647. The highest BCUT2D eigenvalue weighted by molar-refractivity contribution is 5.80. The van der Waals surface area contributed by atoms with E-state index < -0.39 is 12.0 Å². The Morgan fingerprint density at radius 2 is 1.94 bits per heavy atom. The van der Waals surface area contributed by atoms with Crippen molar-refractivity contribution in [2.75, 3.05) is 6.54 Å². The van der Waals surface area contributed by atoms with Crippen molar-refractivity contribution in [3.63, 3.8) is 0 Å². The zero-order chi connectivity index (χ0) is 12.1. The van der Waals surface area contributed by atoms with Crippen LogP contribution in [0.25, 0.3) is 0 Å². The molecule has 0 unspecified atom stereocenters. The Balaban J connectivity index is 2.22. The zero-order valence-corrected chi connectivity index (χ0v) is 9.61. The molecule has 0 aromatic heterocycles. The molecule has 0 saturated heterocycles. The number of hydrogen-bond donors (Lipinski definition) is 3. The van der Waals surface area contributed by atoms with Crippen molar-refractivity contribution in [1.82, 2.24) is 5.32 Å². The van der Waals surface area contributed by atoms with Crippen LogP contribution in [-0.4, -0.2) is 29.6 Å². The number of nitrogens with two attached hydrogens (primary N) is 1. The molecule has 0 aromatic rings. The molecule has 16 heavy (non-hydrogen) atoms. The molecular weight excluding hydrogens is 208 g/mol. The standard InChI is InChI=1S/C11H20N2O3/c1-7(12)10(14)13-6-8-2-4-9(5-3-8)11(15)16/h7-9H,2-6,12H2,1H3,(H,13,14)(H,15,16)/t7-,8?,9?/m1/s1. The van der Waals surface area contributed by atoms with E-state index in [1.165, 1.54) is 0 Å². The van der Waals surface area contributed by atoms with E-state index in [1.54, 1.807) is 6.92 Å². The summed E-state index contributed by atoms with van der Waals surface area (Å²) in [6.07, 6.45) is 3.18. The minimum Gasteiger partial charge on any atom is -0.481 e. The molecule has 1 rings (SSSR count). The molecule has 1 fully saturated rings. The second kappa shape index (κ2) is 5.84. The summed E-state index contributed by atoms with van der Waals surface area (Å²) in [5.74, 6) is -0.628. The van der Waals surface area contributed by atoms with Gasteiger partial charge in [0.15, 0.2) is 0 Å². The predicted octanol–water partition coefficient (Wildman–Crippen LogP) is 0.341. The number of aliphatic carboxylic acids is 1. The summed E-state index contributed by atoms with van der Waals surface area (Å²) in [4.78, 5) is 22.0. The summed E-state index contributed by atoms with van der Waals surface area (Å²) in [6, 6.07) is -0.477. The molecule has 0 radical (unpaired) electrons. The first-order chi connectivity index (χ1) is 7.50. The Hall–Kier alpha value is -1.10. The molecule has 1 aliphatic rings. The summed E-state index contributed by atoms with van der Waals surface area (Å²) in [6.45, 7) is 2.27. The first kappa shape index (κ1) is 13.0. The van der Waals surface area contributed by atoms with Gasteiger partial charge in [-0.15, -0.1) is 0 Å². The lowest BCUT2D eigenvalue weighted by Gasteiger charge is -2.26. The number of carboxylic acids is 1. The molecule has 0 aliphatic heterocycles. The van der Waals surface area contributed by atoms with Crippen LogP contribution in [0.2, 0.25) is 0 Å². The lowest BCUT2D eigenvalue weighted by atomic mass is 9.82. The molecule has 0 heterocycles. The van der Waals surface area contributed by atoms with Crippen LogP contribution in [0.5, 0.6) is 0 Å². The molecule has 0 spiro atoms. The highest BCUT2D eigenvalue weighted by atomic mass is 16.4. The maximum absolute atomic E-state index is 11.2. The Labute approximate surface area is 95.4 Å². The minimum absolute atomic E-state index is 0.139. The van der Waals surface area contributed by atoms with Crippen LogP contribution in [0.1, 0.15) is 32.6 Å². The second-order valence-electron chi connectivity index (χ2n) is 4.59. The van der Waals surface area contributed by atoms with Crippen molar-refractivity contribution in [3.8, 4) is 0 Å². The van der Waals surface area contributed by atoms with Gasteiger partial charge in [-0.2, -0.15) is 0 Å². The fourth-order valence-corrected chi connectivity index (χ4v) is 2.02. The van der Waals surface area contributed by atoms with Crippen LogP contribution in [0.3, 0.4) is 0 Å². The molecule has 0 aromatic carbocycles. The summed E-state index contributed by atoms with van der Waals surface area (Å²) in [5.41, 5.74) is 5.42. The highest BCUT2D eigenvalue weighted by Crippen LogP contribution is 2.28. The number of carboxylic acid groups (broad SMARTS) is 1. The average molecular weight is 228 g/mol. The summed E-state index contributed by atoms with van der Waals surface area (Å²) < 4.78 is 0. The van der Waals surface area contributed by atoms with E-state index in [4.69, 9.17) is 10.8 Å². The smallest absolute Gasteiger partial charge is 0.306 e. The third-order valence-electron chi connectivity index (χ3n) is 3.17. The molecule has 5 nitrogen and oxygen atoms in total. The third-order valence-corrected chi connectivity index (χ3v) is 3.17. The van der Waals surface area contributed by atoms with Gasteiger partial charge in [0.2, 0.25) is 5.91 Å². The van der Waals surface area contributed by atoms with Crippen molar-refractivity contribution in [1.29, 1.82) is 0 Å². The normalized spacial score (nSPS) is 27.1. The third kappa shape index (κ3) is 3.81.